The maximum atomic E-state index is 12.6. The maximum Gasteiger partial charge on any atom is 0.408 e. The number of aliphatic hydroxyl groups is 1. The monoisotopic (exact) mass is 348 g/mol. The molecule has 9 heteroatoms. The topological polar surface area (TPSA) is 70.4 Å². The molecule has 1 saturated heterocycles. The fourth-order valence-corrected chi connectivity index (χ4v) is 3.18. The van der Waals surface area contributed by atoms with Crippen molar-refractivity contribution in [1.82, 2.24) is 20.0 Å². The zero-order chi connectivity index (χ0) is 18.1. The van der Waals surface area contributed by atoms with E-state index >= 15 is 0 Å². The molecule has 136 valence electrons. The Bertz CT molecular complexity index is 600. The highest BCUT2D eigenvalue weighted by atomic mass is 19.4. The number of hydrogen-bond acceptors (Lipinski definition) is 3. The van der Waals surface area contributed by atoms with E-state index in [0.29, 0.717) is 30.0 Å². The fourth-order valence-electron chi connectivity index (χ4n) is 3.18. The molecule has 0 bridgehead atoms. The van der Waals surface area contributed by atoms with Crippen LogP contribution in [-0.2, 0) is 6.54 Å². The van der Waals surface area contributed by atoms with Crippen molar-refractivity contribution in [3.8, 4) is 0 Å². The summed E-state index contributed by atoms with van der Waals surface area (Å²) in [7, 11) is 0. The number of urea groups is 1. The third-order valence-electron chi connectivity index (χ3n) is 4.37. The van der Waals surface area contributed by atoms with Crippen molar-refractivity contribution in [1.29, 1.82) is 0 Å². The van der Waals surface area contributed by atoms with Gasteiger partial charge in [-0.05, 0) is 27.2 Å². The first-order valence-electron chi connectivity index (χ1n) is 7.89. The van der Waals surface area contributed by atoms with Gasteiger partial charge in [0.1, 0.15) is 6.54 Å². The van der Waals surface area contributed by atoms with Gasteiger partial charge in [0.2, 0.25) is 0 Å². The largest absolute Gasteiger partial charge is 0.408 e. The maximum absolute atomic E-state index is 12.6. The molecular weight excluding hydrogens is 325 g/mol. The van der Waals surface area contributed by atoms with Gasteiger partial charge in [-0.2, -0.15) is 18.3 Å². The van der Waals surface area contributed by atoms with Crippen molar-refractivity contribution in [2.75, 3.05) is 19.7 Å². The molecule has 0 aromatic carbocycles. The van der Waals surface area contributed by atoms with Crippen molar-refractivity contribution >= 4 is 6.03 Å². The molecular formula is C15H23F3N4O2. The first-order valence-corrected chi connectivity index (χ1v) is 7.89. The van der Waals surface area contributed by atoms with E-state index in [1.807, 2.05) is 0 Å². The van der Waals surface area contributed by atoms with Crippen LogP contribution in [0.1, 0.15) is 36.3 Å². The van der Waals surface area contributed by atoms with Crippen molar-refractivity contribution in [3.05, 3.63) is 17.0 Å². The second-order valence-electron chi connectivity index (χ2n) is 6.31. The van der Waals surface area contributed by atoms with Crippen LogP contribution in [0.4, 0.5) is 18.0 Å². The van der Waals surface area contributed by atoms with Gasteiger partial charge in [-0.15, -0.1) is 0 Å². The number of amides is 2. The van der Waals surface area contributed by atoms with Gasteiger partial charge in [-0.25, -0.2) is 4.79 Å². The quantitative estimate of drug-likeness (QED) is 0.876. The normalized spacial score (nSPS) is 19.6. The van der Waals surface area contributed by atoms with Crippen LogP contribution in [0.5, 0.6) is 0 Å². The average molecular weight is 348 g/mol. The number of nitrogens with zero attached hydrogens (tertiary/aromatic N) is 3. The summed E-state index contributed by atoms with van der Waals surface area (Å²) in [6, 6.07) is -0.728. The van der Waals surface area contributed by atoms with E-state index in [4.69, 9.17) is 5.11 Å². The Balaban J connectivity index is 2.07. The average Bonchev–Trinajstić information content (AvgIpc) is 3.03. The molecule has 2 rings (SSSR count). The summed E-state index contributed by atoms with van der Waals surface area (Å²) in [5.74, 6) is 0.0871. The van der Waals surface area contributed by atoms with Crippen LogP contribution >= 0.6 is 0 Å². The number of halogens is 3. The van der Waals surface area contributed by atoms with Gasteiger partial charge in [0.05, 0.1) is 11.7 Å². The smallest absolute Gasteiger partial charge is 0.396 e. The molecule has 1 aromatic heterocycles. The van der Waals surface area contributed by atoms with E-state index in [1.54, 1.807) is 25.7 Å². The van der Waals surface area contributed by atoms with Crippen molar-refractivity contribution in [2.24, 2.45) is 5.92 Å². The molecule has 1 aliphatic heterocycles. The molecule has 0 aliphatic carbocycles. The highest BCUT2D eigenvalue weighted by molar-refractivity contribution is 5.75. The highest BCUT2D eigenvalue weighted by Gasteiger charge is 2.31. The number of likely N-dealkylation sites (tertiary alicyclic amines) is 1. The van der Waals surface area contributed by atoms with E-state index in [1.165, 1.54) is 0 Å². The van der Waals surface area contributed by atoms with Crippen LogP contribution in [0.3, 0.4) is 0 Å². The van der Waals surface area contributed by atoms with Gasteiger partial charge in [0.15, 0.2) is 0 Å². The fraction of sp³-hybridized carbons (Fsp3) is 0.733. The summed E-state index contributed by atoms with van der Waals surface area (Å²) < 4.78 is 38.7. The third kappa shape index (κ3) is 4.19. The van der Waals surface area contributed by atoms with E-state index in [0.717, 1.165) is 11.1 Å². The zero-order valence-corrected chi connectivity index (χ0v) is 14.0. The van der Waals surface area contributed by atoms with Crippen LogP contribution < -0.4 is 5.32 Å². The molecule has 1 aliphatic rings. The highest BCUT2D eigenvalue weighted by Crippen LogP contribution is 2.25. The molecule has 24 heavy (non-hydrogen) atoms. The molecule has 2 N–H and O–H groups in total. The van der Waals surface area contributed by atoms with Crippen molar-refractivity contribution in [3.63, 3.8) is 0 Å². The third-order valence-corrected chi connectivity index (χ3v) is 4.37. The van der Waals surface area contributed by atoms with Gasteiger partial charge in [-0.1, -0.05) is 0 Å². The first-order chi connectivity index (χ1) is 11.1. The second-order valence-corrected chi connectivity index (χ2v) is 6.31. The summed E-state index contributed by atoms with van der Waals surface area (Å²) >= 11 is 0. The molecule has 0 unspecified atom stereocenters. The van der Waals surface area contributed by atoms with E-state index in [2.05, 4.69) is 10.4 Å². The number of carbonyl (C=O) groups excluding carboxylic acids is 1. The lowest BCUT2D eigenvalue weighted by molar-refractivity contribution is -0.143. The molecule has 0 spiro atoms. The van der Waals surface area contributed by atoms with E-state index in [9.17, 15) is 18.0 Å². The van der Waals surface area contributed by atoms with Crippen LogP contribution in [-0.4, -0.2) is 51.7 Å². The minimum Gasteiger partial charge on any atom is -0.396 e. The number of carbonyl (C=O) groups is 1. The van der Waals surface area contributed by atoms with Gasteiger partial charge in [0.25, 0.3) is 0 Å². The lowest BCUT2D eigenvalue weighted by atomic mass is 10.1. The SMILES string of the molecule is Cc1nn(CC(F)(F)F)c(C)c1[C@H](C)NC(=O)N1CC[C@H](CO)C1. The van der Waals surface area contributed by atoms with Crippen molar-refractivity contribution < 1.29 is 23.1 Å². The summed E-state index contributed by atoms with van der Waals surface area (Å²) in [6.45, 7) is 4.88. The van der Waals surface area contributed by atoms with Crippen LogP contribution in [0, 0.1) is 19.8 Å². The Morgan fingerprint density at radius 1 is 1.46 bits per heavy atom. The Hall–Kier alpha value is -1.77. The minimum atomic E-state index is -4.35. The molecule has 1 fully saturated rings. The molecule has 6 nitrogen and oxygen atoms in total. The molecule has 2 heterocycles. The number of rotatable bonds is 4. The van der Waals surface area contributed by atoms with Crippen LogP contribution in [0.2, 0.25) is 0 Å². The lowest BCUT2D eigenvalue weighted by Gasteiger charge is -2.21. The first kappa shape index (κ1) is 18.6. The molecule has 2 atom stereocenters. The second kappa shape index (κ2) is 7.00. The number of aliphatic hydroxyl groups excluding tert-OH is 1. The minimum absolute atomic E-state index is 0.0434. The number of hydrogen-bond donors (Lipinski definition) is 2. The van der Waals surface area contributed by atoms with E-state index < -0.39 is 18.8 Å². The number of aryl methyl sites for hydroxylation is 1. The Labute approximate surface area is 138 Å². The lowest BCUT2D eigenvalue weighted by Crippen LogP contribution is -2.40. The van der Waals surface area contributed by atoms with Crippen molar-refractivity contribution in [2.45, 2.75) is 46.0 Å². The van der Waals surface area contributed by atoms with Gasteiger partial charge < -0.3 is 15.3 Å². The van der Waals surface area contributed by atoms with E-state index in [-0.39, 0.29) is 18.6 Å². The van der Waals surface area contributed by atoms with Crippen LogP contribution in [0.15, 0.2) is 0 Å². The number of nitrogens with one attached hydrogen (secondary N) is 1. The molecule has 2 amide bonds. The molecule has 1 aromatic rings. The van der Waals surface area contributed by atoms with Gasteiger partial charge in [-0.3, -0.25) is 4.68 Å². The summed E-state index contributed by atoms with van der Waals surface area (Å²) in [5.41, 5.74) is 1.47. The molecule has 0 radical (unpaired) electrons. The Morgan fingerprint density at radius 2 is 2.12 bits per heavy atom. The Kier molecular flexibility index (Phi) is 5.42. The summed E-state index contributed by atoms with van der Waals surface area (Å²) in [6.07, 6.45) is -3.60. The molecule has 0 saturated carbocycles. The number of aromatic nitrogens is 2. The van der Waals surface area contributed by atoms with Gasteiger partial charge >= 0.3 is 12.2 Å². The summed E-state index contributed by atoms with van der Waals surface area (Å²) in [5, 5.41) is 15.9. The van der Waals surface area contributed by atoms with Crippen LogP contribution in [0.25, 0.3) is 0 Å². The zero-order valence-electron chi connectivity index (χ0n) is 14.0. The Morgan fingerprint density at radius 3 is 2.67 bits per heavy atom. The predicted octanol–water partition coefficient (Wildman–Crippen LogP) is 2.15. The van der Waals surface area contributed by atoms with Gasteiger partial charge in [0, 0.05) is 36.9 Å². The number of alkyl halides is 3. The predicted molar refractivity (Wildman–Crippen MR) is 81.5 cm³/mol. The standard InChI is InChI=1S/C15H23F3N4O2/c1-9(19-14(24)21-5-4-12(6-21)7-23)13-10(2)20-22(11(13)3)8-15(16,17)18/h9,12,23H,4-8H2,1-3H3,(H,19,24)/t9-,12-/m0/s1. The summed E-state index contributed by atoms with van der Waals surface area (Å²) in [4.78, 5) is 13.9.